The first-order chi connectivity index (χ1) is 21.9. The monoisotopic (exact) mass is 908 g/mol. The maximum atomic E-state index is 5.18. The molecule has 0 aromatic carbocycles. The average Bonchev–Trinajstić information content (AvgIpc) is 3.88. The van der Waals surface area contributed by atoms with E-state index in [2.05, 4.69) is 34.8 Å². The smallest absolute Gasteiger partial charge is 0.176 e. The van der Waals surface area contributed by atoms with Crippen LogP contribution in [-0.2, 0) is 57.5 Å². The summed E-state index contributed by atoms with van der Waals surface area (Å²) in [7, 11) is 11.2. The molecule has 0 saturated heterocycles. The second-order valence-corrected chi connectivity index (χ2v) is 10.0. The number of aryl methyl sites for hydroxylation is 4. The molecule has 6 aromatic rings. The van der Waals surface area contributed by atoms with Crippen LogP contribution in [0.1, 0.15) is 0 Å². The predicted octanol–water partition coefficient (Wildman–Crippen LogP) is -5.11. The van der Waals surface area contributed by atoms with E-state index in [4.69, 9.17) is 9.47 Å². The standard InChI is InChI=1S/C16H21N3O2.2C8H10N4.3ClH.Os/c1-20-11-9-19(10-12-21-2)14-6-8-18-16(13-14)15-5-3-4-7-17-15;2*1-11-5-3-9-7(11)8-10-4-6-12(8)2;;;;/h3-8,13H,9-12H2,1-2H3;2*3-6H,1-2H3;3*1H;/p-3. The molecule has 0 aliphatic rings. The zero-order valence-corrected chi connectivity index (χ0v) is 33.0. The molecule has 0 aliphatic carbocycles. The van der Waals surface area contributed by atoms with E-state index >= 15 is 0 Å². The number of nitrogens with zero attached hydrogens (tertiary/aromatic N) is 11. The van der Waals surface area contributed by atoms with E-state index < -0.39 is 0 Å². The Morgan fingerprint density at radius 3 is 1.27 bits per heavy atom. The van der Waals surface area contributed by atoms with Crippen molar-refractivity contribution in [1.29, 1.82) is 0 Å². The topological polar surface area (TPSA) is 119 Å². The summed E-state index contributed by atoms with van der Waals surface area (Å²) < 4.78 is 18.1. The number of hydrogen-bond donors (Lipinski definition) is 0. The molecule has 0 spiro atoms. The number of halogens is 3. The molecule has 0 fully saturated rings. The number of anilines is 1. The van der Waals surface area contributed by atoms with Gasteiger partial charge in [-0.05, 0) is 24.3 Å². The van der Waals surface area contributed by atoms with Gasteiger partial charge in [0.25, 0.3) is 0 Å². The van der Waals surface area contributed by atoms with E-state index in [1.807, 2.05) is 108 Å². The Morgan fingerprint density at radius 1 is 0.531 bits per heavy atom. The second kappa shape index (κ2) is 23.7. The molecule has 0 amide bonds. The van der Waals surface area contributed by atoms with Crippen molar-refractivity contribution in [2.24, 2.45) is 28.2 Å². The van der Waals surface area contributed by atoms with Crippen molar-refractivity contribution in [3.8, 4) is 34.7 Å². The fraction of sp³-hybridized carbons (Fsp3) is 0.312. The van der Waals surface area contributed by atoms with Crippen molar-refractivity contribution in [2.75, 3.05) is 45.4 Å². The van der Waals surface area contributed by atoms with Crippen LogP contribution in [0.4, 0.5) is 5.69 Å². The molecule has 17 heteroatoms. The Bertz CT molecular complexity index is 1570. The molecule has 268 valence electrons. The molecule has 0 radical (unpaired) electrons. The third-order valence-electron chi connectivity index (χ3n) is 6.85. The normalized spacial score (nSPS) is 9.67. The minimum Gasteiger partial charge on any atom is -1.00 e. The fourth-order valence-corrected chi connectivity index (χ4v) is 4.37. The van der Waals surface area contributed by atoms with Gasteiger partial charge in [0.05, 0.1) is 24.6 Å². The number of ether oxygens (including phenoxy) is 2. The largest absolute Gasteiger partial charge is 1.00 e. The van der Waals surface area contributed by atoms with Gasteiger partial charge in [0.2, 0.25) is 0 Å². The van der Waals surface area contributed by atoms with Gasteiger partial charge in [-0.25, -0.2) is 19.9 Å². The number of imidazole rings is 4. The van der Waals surface area contributed by atoms with Gasteiger partial charge >= 0.3 is 0 Å². The van der Waals surface area contributed by atoms with Crippen LogP contribution in [0.3, 0.4) is 0 Å². The summed E-state index contributed by atoms with van der Waals surface area (Å²) in [6, 6.07) is 9.87. The summed E-state index contributed by atoms with van der Waals surface area (Å²) in [6.45, 7) is 2.97. The molecule has 0 N–H and O–H groups in total. The molecule has 0 unspecified atom stereocenters. The quantitative estimate of drug-likeness (QED) is 0.133. The van der Waals surface area contributed by atoms with Crippen molar-refractivity contribution in [3.63, 3.8) is 0 Å². The minimum absolute atomic E-state index is 0. The van der Waals surface area contributed by atoms with E-state index in [9.17, 15) is 0 Å². The molecule has 6 aromatic heterocycles. The molecule has 6 heterocycles. The van der Waals surface area contributed by atoms with Crippen molar-refractivity contribution in [1.82, 2.24) is 48.2 Å². The van der Waals surface area contributed by atoms with E-state index in [1.165, 1.54) is 0 Å². The minimum atomic E-state index is 0. The predicted molar refractivity (Wildman–Crippen MR) is 174 cm³/mol. The molecular weight excluding hydrogens is 867 g/mol. The molecule has 0 saturated carbocycles. The van der Waals surface area contributed by atoms with Crippen molar-refractivity contribution >= 4 is 5.69 Å². The summed E-state index contributed by atoms with van der Waals surface area (Å²) in [6.07, 6.45) is 18.3. The summed E-state index contributed by atoms with van der Waals surface area (Å²) in [5.41, 5.74) is 2.84. The number of pyridine rings is 2. The maximum Gasteiger partial charge on any atom is 0.176 e. The summed E-state index contributed by atoms with van der Waals surface area (Å²) in [5, 5.41) is 0. The number of methoxy groups -OCH3 is 2. The van der Waals surface area contributed by atoms with Crippen LogP contribution in [0.25, 0.3) is 34.7 Å². The first-order valence-corrected chi connectivity index (χ1v) is 14.4. The molecule has 13 nitrogen and oxygen atoms in total. The summed E-state index contributed by atoms with van der Waals surface area (Å²) in [4.78, 5) is 27.8. The van der Waals surface area contributed by atoms with E-state index in [0.717, 1.165) is 53.5 Å². The van der Waals surface area contributed by atoms with Crippen molar-refractivity contribution in [3.05, 3.63) is 92.3 Å². The van der Waals surface area contributed by atoms with Crippen molar-refractivity contribution < 1.29 is 66.5 Å². The van der Waals surface area contributed by atoms with Gasteiger partial charge in [0.1, 0.15) is 0 Å². The number of aromatic nitrogens is 10. The van der Waals surface area contributed by atoms with Crippen LogP contribution in [0.2, 0.25) is 0 Å². The fourth-order valence-electron chi connectivity index (χ4n) is 4.37. The first kappa shape index (κ1) is 45.4. The van der Waals surface area contributed by atoms with Crippen LogP contribution in [0, 0.1) is 0 Å². The number of rotatable bonds is 10. The Balaban J connectivity index is 0.000000714. The van der Waals surface area contributed by atoms with E-state index in [1.54, 1.807) is 45.2 Å². The third kappa shape index (κ3) is 13.0. The zero-order chi connectivity index (χ0) is 32.0. The molecule has 6 rings (SSSR count). The zero-order valence-electron chi connectivity index (χ0n) is 28.2. The van der Waals surface area contributed by atoms with E-state index in [-0.39, 0.29) is 57.0 Å². The number of hydrogen-bond acceptors (Lipinski definition) is 9. The van der Waals surface area contributed by atoms with Gasteiger partial charge in [0, 0.05) is 143 Å². The van der Waals surface area contributed by atoms with E-state index in [0.29, 0.717) is 13.2 Å². The average molecular weight is 908 g/mol. The summed E-state index contributed by atoms with van der Waals surface area (Å²) in [5.74, 6) is 3.56. The maximum absolute atomic E-state index is 5.18. The van der Waals surface area contributed by atoms with Crippen LogP contribution in [-0.4, -0.2) is 88.7 Å². The molecule has 0 bridgehead atoms. The molecule has 49 heavy (non-hydrogen) atoms. The Morgan fingerprint density at radius 2 is 0.939 bits per heavy atom. The Hall–Kier alpha value is -3.63. The summed E-state index contributed by atoms with van der Waals surface area (Å²) >= 11 is 0. The van der Waals surface area contributed by atoms with Crippen LogP contribution >= 0.6 is 0 Å². The SMILES string of the molecule is COCCN(CCOC)c1ccnc(-c2ccccn2)c1.Cn1ccnc1-c1nccn1C.Cn1ccnc1-c1nccn1C.[Cl-].[Cl-].[Cl-].[Os]. The van der Waals surface area contributed by atoms with Crippen molar-refractivity contribution in [2.45, 2.75) is 0 Å². The second-order valence-electron chi connectivity index (χ2n) is 10.0. The molecular formula is C32H41Cl3N11O2Os-3. The Kier molecular flexibility index (Phi) is 21.9. The van der Waals surface area contributed by atoms with Crippen LogP contribution < -0.4 is 42.1 Å². The van der Waals surface area contributed by atoms with Crippen LogP contribution in [0.5, 0.6) is 0 Å². The van der Waals surface area contributed by atoms with Crippen LogP contribution in [0.15, 0.2) is 92.3 Å². The van der Waals surface area contributed by atoms with Gasteiger partial charge in [-0.1, -0.05) is 6.07 Å². The molecule has 0 aliphatic heterocycles. The van der Waals surface area contributed by atoms with Gasteiger partial charge in [-0.15, -0.1) is 0 Å². The van der Waals surface area contributed by atoms with Gasteiger partial charge in [-0.3, -0.25) is 9.97 Å². The Labute approximate surface area is 319 Å². The van der Waals surface area contributed by atoms with Gasteiger partial charge in [0.15, 0.2) is 23.3 Å². The first-order valence-electron chi connectivity index (χ1n) is 14.4. The molecule has 0 atom stereocenters. The third-order valence-corrected chi connectivity index (χ3v) is 6.85. The van der Waals surface area contributed by atoms with Gasteiger partial charge < -0.3 is 69.9 Å². The van der Waals surface area contributed by atoms with Gasteiger partial charge in [-0.2, -0.15) is 0 Å².